The third-order valence-electron chi connectivity index (χ3n) is 2.35. The van der Waals surface area contributed by atoms with Crippen LogP contribution in [0.3, 0.4) is 0 Å². The lowest BCUT2D eigenvalue weighted by atomic mass is 9.89. The van der Waals surface area contributed by atoms with Crippen molar-refractivity contribution in [2.75, 3.05) is 0 Å². The van der Waals surface area contributed by atoms with Crippen molar-refractivity contribution in [1.29, 1.82) is 0 Å². The fourth-order valence-electron chi connectivity index (χ4n) is 1.50. The molecule has 0 heteroatoms. The first-order chi connectivity index (χ1) is 4.80. The van der Waals surface area contributed by atoms with Gasteiger partial charge in [-0.1, -0.05) is 13.8 Å². The second-order valence-electron chi connectivity index (χ2n) is 3.44. The van der Waals surface area contributed by atoms with E-state index >= 15 is 0 Å². The Morgan fingerprint density at radius 2 is 1.60 bits per heavy atom. The normalized spacial score (nSPS) is 19.9. The predicted octanol–water partition coefficient (Wildman–Crippen LogP) is 2.84. The molecule has 0 aromatic rings. The van der Waals surface area contributed by atoms with E-state index in [0.29, 0.717) is 0 Å². The third kappa shape index (κ3) is 2.06. The zero-order valence-electron chi connectivity index (χ0n) is 6.98. The minimum absolute atomic E-state index is 0.849. The summed E-state index contributed by atoms with van der Waals surface area (Å²) in [5, 5.41) is 0. The van der Waals surface area contributed by atoms with E-state index < -0.39 is 0 Å². The Morgan fingerprint density at radius 1 is 1.10 bits per heavy atom. The molecule has 0 aliphatic heterocycles. The van der Waals surface area contributed by atoms with E-state index in [1.165, 1.54) is 12.8 Å². The molecule has 0 fully saturated rings. The number of hydrogen-bond donors (Lipinski definition) is 0. The van der Waals surface area contributed by atoms with E-state index in [2.05, 4.69) is 25.7 Å². The summed E-state index contributed by atoms with van der Waals surface area (Å²) in [4.78, 5) is 0. The van der Waals surface area contributed by atoms with Crippen LogP contribution in [0.5, 0.6) is 0 Å². The SMILES string of the molecule is CC(C)C1CCC#CCC1. The highest BCUT2D eigenvalue weighted by Gasteiger charge is 2.12. The van der Waals surface area contributed by atoms with Crippen LogP contribution in [-0.4, -0.2) is 0 Å². The summed E-state index contributed by atoms with van der Waals surface area (Å²) in [6.45, 7) is 4.63. The maximum atomic E-state index is 3.18. The first-order valence-electron chi connectivity index (χ1n) is 4.26. The predicted molar refractivity (Wildman–Crippen MR) is 44.6 cm³/mol. The van der Waals surface area contributed by atoms with Gasteiger partial charge in [0, 0.05) is 12.8 Å². The van der Waals surface area contributed by atoms with Gasteiger partial charge in [0.1, 0.15) is 0 Å². The van der Waals surface area contributed by atoms with E-state index in [1.807, 2.05) is 0 Å². The average Bonchev–Trinajstić information content (AvgIpc) is 2.12. The number of rotatable bonds is 1. The molecule has 0 saturated heterocycles. The molecular weight excluding hydrogens is 120 g/mol. The van der Waals surface area contributed by atoms with Crippen molar-refractivity contribution in [3.8, 4) is 11.8 Å². The Labute approximate surface area is 64.0 Å². The third-order valence-corrected chi connectivity index (χ3v) is 2.35. The molecule has 0 saturated carbocycles. The van der Waals surface area contributed by atoms with Crippen molar-refractivity contribution in [3.63, 3.8) is 0 Å². The monoisotopic (exact) mass is 136 g/mol. The Balaban J connectivity index is 2.36. The quantitative estimate of drug-likeness (QED) is 0.486. The molecule has 1 aliphatic rings. The lowest BCUT2D eigenvalue weighted by Gasteiger charge is -2.16. The average molecular weight is 136 g/mol. The molecule has 0 radical (unpaired) electrons. The van der Waals surface area contributed by atoms with Gasteiger partial charge in [0.05, 0.1) is 0 Å². The van der Waals surface area contributed by atoms with E-state index in [-0.39, 0.29) is 0 Å². The molecule has 0 unspecified atom stereocenters. The standard InChI is InChI=1S/C10H16/c1-9(2)10-7-5-3-4-6-8-10/h9-10H,5-8H2,1-2H3. The number of hydrogen-bond acceptors (Lipinski definition) is 0. The van der Waals surface area contributed by atoms with Gasteiger partial charge in [0.25, 0.3) is 0 Å². The van der Waals surface area contributed by atoms with Crippen molar-refractivity contribution < 1.29 is 0 Å². The fourth-order valence-corrected chi connectivity index (χ4v) is 1.50. The fraction of sp³-hybridized carbons (Fsp3) is 0.800. The largest absolute Gasteiger partial charge is 0.103 e. The summed E-state index contributed by atoms with van der Waals surface area (Å²) in [6, 6.07) is 0. The van der Waals surface area contributed by atoms with Gasteiger partial charge in [-0.05, 0) is 24.7 Å². The van der Waals surface area contributed by atoms with Gasteiger partial charge in [-0.3, -0.25) is 0 Å². The summed E-state index contributed by atoms with van der Waals surface area (Å²) in [6.07, 6.45) is 4.90. The first-order valence-corrected chi connectivity index (χ1v) is 4.26. The lowest BCUT2D eigenvalue weighted by molar-refractivity contribution is 0.348. The van der Waals surface area contributed by atoms with Crippen molar-refractivity contribution >= 4 is 0 Å². The second-order valence-corrected chi connectivity index (χ2v) is 3.44. The van der Waals surface area contributed by atoms with Gasteiger partial charge in [0.15, 0.2) is 0 Å². The smallest absolute Gasteiger partial charge is 0.00914 e. The van der Waals surface area contributed by atoms with Crippen LogP contribution in [0.2, 0.25) is 0 Å². The molecule has 10 heavy (non-hydrogen) atoms. The first kappa shape index (κ1) is 7.66. The van der Waals surface area contributed by atoms with E-state index in [0.717, 1.165) is 24.7 Å². The summed E-state index contributed by atoms with van der Waals surface area (Å²) >= 11 is 0. The Morgan fingerprint density at radius 3 is 2.00 bits per heavy atom. The molecule has 0 bridgehead atoms. The molecule has 0 spiro atoms. The Bertz CT molecular complexity index is 133. The highest BCUT2D eigenvalue weighted by molar-refractivity contribution is 5.01. The molecule has 0 heterocycles. The van der Waals surface area contributed by atoms with Crippen molar-refractivity contribution in [2.24, 2.45) is 11.8 Å². The van der Waals surface area contributed by atoms with E-state index in [1.54, 1.807) is 0 Å². The van der Waals surface area contributed by atoms with Crippen molar-refractivity contribution in [3.05, 3.63) is 0 Å². The van der Waals surface area contributed by atoms with Crippen LogP contribution in [0.1, 0.15) is 39.5 Å². The molecule has 1 aliphatic carbocycles. The highest BCUT2D eigenvalue weighted by Crippen LogP contribution is 2.23. The van der Waals surface area contributed by atoms with Gasteiger partial charge in [-0.25, -0.2) is 0 Å². The summed E-state index contributed by atoms with van der Waals surface area (Å²) in [5.74, 6) is 8.13. The van der Waals surface area contributed by atoms with Crippen LogP contribution in [0.25, 0.3) is 0 Å². The van der Waals surface area contributed by atoms with Crippen LogP contribution in [0.4, 0.5) is 0 Å². The van der Waals surface area contributed by atoms with Crippen LogP contribution >= 0.6 is 0 Å². The zero-order valence-corrected chi connectivity index (χ0v) is 6.98. The molecule has 0 nitrogen and oxygen atoms in total. The van der Waals surface area contributed by atoms with E-state index in [9.17, 15) is 0 Å². The maximum absolute atomic E-state index is 3.18. The molecular formula is C10H16. The molecule has 0 aromatic carbocycles. The molecule has 0 N–H and O–H groups in total. The Kier molecular flexibility index (Phi) is 2.81. The van der Waals surface area contributed by atoms with Crippen LogP contribution < -0.4 is 0 Å². The minimum atomic E-state index is 0.849. The molecule has 1 rings (SSSR count). The zero-order chi connectivity index (χ0) is 7.40. The molecule has 0 amide bonds. The van der Waals surface area contributed by atoms with Gasteiger partial charge >= 0.3 is 0 Å². The van der Waals surface area contributed by atoms with Crippen LogP contribution in [0, 0.1) is 23.7 Å². The summed E-state index contributed by atoms with van der Waals surface area (Å²) in [7, 11) is 0. The topological polar surface area (TPSA) is 0 Å². The van der Waals surface area contributed by atoms with Crippen molar-refractivity contribution in [2.45, 2.75) is 39.5 Å². The van der Waals surface area contributed by atoms with Gasteiger partial charge in [-0.2, -0.15) is 0 Å². The Hall–Kier alpha value is -0.440. The molecule has 0 aromatic heterocycles. The lowest BCUT2D eigenvalue weighted by Crippen LogP contribution is -2.06. The highest BCUT2D eigenvalue weighted by atomic mass is 14.2. The summed E-state index contributed by atoms with van der Waals surface area (Å²) in [5.41, 5.74) is 0. The second kappa shape index (κ2) is 3.66. The van der Waals surface area contributed by atoms with Gasteiger partial charge in [0.2, 0.25) is 0 Å². The van der Waals surface area contributed by atoms with Crippen LogP contribution in [0.15, 0.2) is 0 Å². The van der Waals surface area contributed by atoms with Gasteiger partial charge < -0.3 is 0 Å². The van der Waals surface area contributed by atoms with Crippen molar-refractivity contribution in [1.82, 2.24) is 0 Å². The van der Waals surface area contributed by atoms with Gasteiger partial charge in [-0.15, -0.1) is 11.8 Å². The summed E-state index contributed by atoms with van der Waals surface area (Å²) < 4.78 is 0. The molecule has 0 atom stereocenters. The van der Waals surface area contributed by atoms with Crippen LogP contribution in [-0.2, 0) is 0 Å². The maximum Gasteiger partial charge on any atom is 0.00914 e. The molecule has 56 valence electrons. The minimum Gasteiger partial charge on any atom is -0.103 e. The van der Waals surface area contributed by atoms with E-state index in [4.69, 9.17) is 0 Å².